The topological polar surface area (TPSA) is 120 Å². The number of carbonyl (C=O) groups is 2. The summed E-state index contributed by atoms with van der Waals surface area (Å²) in [7, 11) is 1.31. The van der Waals surface area contributed by atoms with Crippen LogP contribution in [0.5, 0.6) is 0 Å². The number of methoxy groups -OCH3 is 1. The molecule has 0 saturated carbocycles. The van der Waals surface area contributed by atoms with Crippen LogP contribution in [0.15, 0.2) is 42.3 Å². The molecule has 1 aliphatic heterocycles. The lowest BCUT2D eigenvalue weighted by Crippen LogP contribution is -2.51. The third-order valence-corrected chi connectivity index (χ3v) is 6.81. The molecule has 0 spiro atoms. The third-order valence-electron chi connectivity index (χ3n) is 6.81. The van der Waals surface area contributed by atoms with Gasteiger partial charge in [0, 0.05) is 36.2 Å². The first-order valence-electron chi connectivity index (χ1n) is 11.9. The third kappa shape index (κ3) is 5.10. The summed E-state index contributed by atoms with van der Waals surface area (Å²) < 4.78 is 4.96. The fourth-order valence-corrected chi connectivity index (χ4v) is 4.85. The zero-order chi connectivity index (χ0) is 25.8. The van der Waals surface area contributed by atoms with Gasteiger partial charge in [0.2, 0.25) is 0 Å². The Kier molecular flexibility index (Phi) is 7.38. The minimum Gasteiger partial charge on any atom is -0.467 e. The molecule has 3 N–H and O–H groups in total. The van der Waals surface area contributed by atoms with E-state index in [4.69, 9.17) is 4.74 Å². The molecule has 3 aromatic rings. The molecule has 4 rings (SSSR count). The Labute approximate surface area is 209 Å². The maximum absolute atomic E-state index is 13.1. The average Bonchev–Trinajstić information content (AvgIpc) is 3.37. The van der Waals surface area contributed by atoms with Gasteiger partial charge < -0.3 is 19.9 Å². The number of carbonyl (C=O) groups excluding carboxylic acids is 2. The number of esters is 1. The van der Waals surface area contributed by atoms with Gasteiger partial charge in [0.05, 0.1) is 18.8 Å². The van der Waals surface area contributed by atoms with Gasteiger partial charge in [0.25, 0.3) is 5.56 Å². The van der Waals surface area contributed by atoms with Gasteiger partial charge in [0.1, 0.15) is 6.04 Å². The van der Waals surface area contributed by atoms with E-state index in [1.165, 1.54) is 7.11 Å². The number of aromatic nitrogens is 3. The molecular formula is C27H31N5O4. The van der Waals surface area contributed by atoms with Crippen LogP contribution < -0.4 is 10.9 Å². The number of H-pyrrole nitrogens is 2. The molecule has 188 valence electrons. The van der Waals surface area contributed by atoms with Crippen LogP contribution in [0.2, 0.25) is 0 Å². The Balaban J connectivity index is 1.43. The minimum atomic E-state index is -0.826. The Morgan fingerprint density at radius 1 is 1.25 bits per heavy atom. The summed E-state index contributed by atoms with van der Waals surface area (Å²) in [6.45, 7) is 10.4. The highest BCUT2D eigenvalue weighted by molar-refractivity contribution is 5.85. The summed E-state index contributed by atoms with van der Waals surface area (Å²) in [5.74, 6) is -0.481. The Hall–Kier alpha value is -4.14. The van der Waals surface area contributed by atoms with Crippen molar-refractivity contribution in [2.24, 2.45) is 0 Å². The standard InChI is InChI=1S/C27H31N5O4/c1-5-18-14-21(25(33)29-22(18)6-2)19-7-9-32(10-8-19)27(35)30-23(26(34)36-4)13-17-11-16(3)24-20(12-17)15-28-31-24/h5-6,11-12,14-15,19,23H,1-2,7-10,13H2,3-4H3,(H,28,31)(H,29,33)(H,30,35). The highest BCUT2D eigenvalue weighted by Crippen LogP contribution is 2.27. The quantitative estimate of drug-likeness (QED) is 0.439. The molecule has 1 aliphatic rings. The maximum Gasteiger partial charge on any atom is 0.328 e. The van der Waals surface area contributed by atoms with E-state index in [1.54, 1.807) is 23.2 Å². The number of nitrogens with one attached hydrogen (secondary N) is 3. The minimum absolute atomic E-state index is 0.0245. The van der Waals surface area contributed by atoms with E-state index in [0.717, 1.165) is 27.6 Å². The molecule has 1 saturated heterocycles. The number of hydrogen-bond donors (Lipinski definition) is 3. The number of hydrogen-bond acceptors (Lipinski definition) is 5. The molecule has 0 aliphatic carbocycles. The Morgan fingerprint density at radius 2 is 2.00 bits per heavy atom. The summed E-state index contributed by atoms with van der Waals surface area (Å²) in [6.07, 6.45) is 6.60. The molecule has 9 heteroatoms. The largest absolute Gasteiger partial charge is 0.467 e. The van der Waals surface area contributed by atoms with E-state index in [9.17, 15) is 14.4 Å². The first-order chi connectivity index (χ1) is 17.3. The van der Waals surface area contributed by atoms with Gasteiger partial charge in [0.15, 0.2) is 0 Å². The second kappa shape index (κ2) is 10.6. The predicted octanol–water partition coefficient (Wildman–Crippen LogP) is 3.52. The molecule has 1 fully saturated rings. The average molecular weight is 490 g/mol. The number of likely N-dealkylation sites (tertiary alicyclic amines) is 1. The molecule has 0 radical (unpaired) electrons. The summed E-state index contributed by atoms with van der Waals surface area (Å²) in [5.41, 5.74) is 4.86. The van der Waals surface area contributed by atoms with Crippen molar-refractivity contribution in [3.63, 3.8) is 0 Å². The van der Waals surface area contributed by atoms with E-state index in [0.29, 0.717) is 43.6 Å². The number of amides is 2. The predicted molar refractivity (Wildman–Crippen MR) is 140 cm³/mol. The van der Waals surface area contributed by atoms with Crippen LogP contribution in [-0.2, 0) is 16.0 Å². The number of fused-ring (bicyclic) bond motifs is 1. The van der Waals surface area contributed by atoms with Crippen LogP contribution in [0.3, 0.4) is 0 Å². The fraction of sp³-hybridized carbons (Fsp3) is 0.333. The molecule has 1 atom stereocenters. The van der Waals surface area contributed by atoms with Crippen LogP contribution in [0.4, 0.5) is 4.79 Å². The van der Waals surface area contributed by atoms with Crippen LogP contribution in [0.25, 0.3) is 23.1 Å². The first kappa shape index (κ1) is 25.0. The van der Waals surface area contributed by atoms with Gasteiger partial charge in [-0.05, 0) is 60.6 Å². The van der Waals surface area contributed by atoms with E-state index in [-0.39, 0.29) is 17.5 Å². The van der Waals surface area contributed by atoms with Crippen molar-refractivity contribution in [3.8, 4) is 0 Å². The summed E-state index contributed by atoms with van der Waals surface area (Å²) in [4.78, 5) is 42.7. The molecule has 1 aromatic carbocycles. The molecule has 2 aromatic heterocycles. The van der Waals surface area contributed by atoms with E-state index >= 15 is 0 Å². The smallest absolute Gasteiger partial charge is 0.328 e. The van der Waals surface area contributed by atoms with Crippen molar-refractivity contribution in [2.75, 3.05) is 20.2 Å². The van der Waals surface area contributed by atoms with Gasteiger partial charge in [-0.25, -0.2) is 9.59 Å². The van der Waals surface area contributed by atoms with Crippen LogP contribution in [-0.4, -0.2) is 58.3 Å². The molecule has 2 amide bonds. The van der Waals surface area contributed by atoms with E-state index in [2.05, 4.69) is 33.7 Å². The number of urea groups is 1. The number of ether oxygens (including phenoxy) is 1. The number of benzene rings is 1. The summed E-state index contributed by atoms with van der Waals surface area (Å²) in [6, 6.07) is 4.63. The zero-order valence-electron chi connectivity index (χ0n) is 20.6. The van der Waals surface area contributed by atoms with Gasteiger partial charge in [-0.3, -0.25) is 9.89 Å². The number of aromatic amines is 2. The van der Waals surface area contributed by atoms with E-state index in [1.807, 2.05) is 25.1 Å². The first-order valence-corrected chi connectivity index (χ1v) is 11.9. The maximum atomic E-state index is 13.1. The van der Waals surface area contributed by atoms with Crippen LogP contribution in [0.1, 0.15) is 46.7 Å². The van der Waals surface area contributed by atoms with Crippen molar-refractivity contribution in [2.45, 2.75) is 38.1 Å². The molecule has 36 heavy (non-hydrogen) atoms. The highest BCUT2D eigenvalue weighted by Gasteiger charge is 2.29. The van der Waals surface area contributed by atoms with Crippen LogP contribution in [0, 0.1) is 6.92 Å². The van der Waals surface area contributed by atoms with Crippen molar-refractivity contribution in [1.82, 2.24) is 25.4 Å². The summed E-state index contributed by atoms with van der Waals surface area (Å²) >= 11 is 0. The van der Waals surface area contributed by atoms with Crippen molar-refractivity contribution in [3.05, 3.63) is 75.9 Å². The van der Waals surface area contributed by atoms with Crippen molar-refractivity contribution in [1.29, 1.82) is 0 Å². The number of aryl methyl sites for hydroxylation is 1. The van der Waals surface area contributed by atoms with Crippen molar-refractivity contribution >= 4 is 35.1 Å². The lowest BCUT2D eigenvalue weighted by molar-refractivity contribution is -0.142. The molecule has 1 unspecified atom stereocenters. The number of rotatable bonds is 7. The van der Waals surface area contributed by atoms with E-state index < -0.39 is 12.0 Å². The number of pyridine rings is 1. The lowest BCUT2D eigenvalue weighted by Gasteiger charge is -2.33. The molecule has 0 bridgehead atoms. The van der Waals surface area contributed by atoms with Crippen molar-refractivity contribution < 1.29 is 14.3 Å². The highest BCUT2D eigenvalue weighted by atomic mass is 16.5. The monoisotopic (exact) mass is 489 g/mol. The number of nitrogens with zero attached hydrogens (tertiary/aromatic N) is 2. The van der Waals surface area contributed by atoms with Crippen LogP contribution >= 0.6 is 0 Å². The summed E-state index contributed by atoms with van der Waals surface area (Å²) in [5, 5.41) is 10.8. The molecule has 3 heterocycles. The number of piperidine rings is 1. The fourth-order valence-electron chi connectivity index (χ4n) is 4.85. The lowest BCUT2D eigenvalue weighted by atomic mass is 9.89. The van der Waals surface area contributed by atoms with Gasteiger partial charge >= 0.3 is 12.0 Å². The zero-order valence-corrected chi connectivity index (χ0v) is 20.6. The Morgan fingerprint density at radius 3 is 2.67 bits per heavy atom. The van der Waals surface area contributed by atoms with Gasteiger partial charge in [-0.1, -0.05) is 25.3 Å². The second-order valence-corrected chi connectivity index (χ2v) is 9.07. The Bertz CT molecular complexity index is 1360. The molecular weight excluding hydrogens is 458 g/mol. The SMILES string of the molecule is C=Cc1cc(C2CCN(C(=O)NC(Cc3cc(C)c4[nH]ncc4c3)C(=O)OC)CC2)c(=O)[nH]c1C=C. The van der Waals surface area contributed by atoms with Gasteiger partial charge in [-0.15, -0.1) is 0 Å². The normalized spacial score (nSPS) is 14.9. The second-order valence-electron chi connectivity index (χ2n) is 9.07. The molecule has 9 nitrogen and oxygen atoms in total. The van der Waals surface area contributed by atoms with Gasteiger partial charge in [-0.2, -0.15) is 5.10 Å².